The Hall–Kier alpha value is 0. The van der Waals surface area contributed by atoms with E-state index >= 15 is 0 Å². The van der Waals surface area contributed by atoms with Gasteiger partial charge in [-0.15, -0.1) is 0 Å². The van der Waals surface area contributed by atoms with E-state index in [9.17, 15) is 0 Å². The zero-order valence-electron chi connectivity index (χ0n) is 17.7. The summed E-state index contributed by atoms with van der Waals surface area (Å²) >= 11 is 0. The zero-order valence-corrected chi connectivity index (χ0v) is 17.7. The van der Waals surface area contributed by atoms with E-state index in [1.54, 1.807) is 19.3 Å². The fourth-order valence-electron chi connectivity index (χ4n) is 4.15. The molecular weight excluding hydrogens is 288 g/mol. The van der Waals surface area contributed by atoms with Crippen LogP contribution in [0.3, 0.4) is 0 Å². The summed E-state index contributed by atoms with van der Waals surface area (Å²) in [5.41, 5.74) is 0.538. The Morgan fingerprint density at radius 3 is 1.46 bits per heavy atom. The lowest BCUT2D eigenvalue weighted by molar-refractivity contribution is 0.356. The Morgan fingerprint density at radius 1 is 0.583 bits per heavy atom. The molecule has 0 spiro atoms. The van der Waals surface area contributed by atoms with Gasteiger partial charge in [-0.3, -0.25) is 0 Å². The van der Waals surface area contributed by atoms with Gasteiger partial charge in [0.2, 0.25) is 0 Å². The van der Waals surface area contributed by atoms with Gasteiger partial charge in [-0.1, -0.05) is 124 Å². The summed E-state index contributed by atoms with van der Waals surface area (Å²) in [4.78, 5) is 0. The predicted octanol–water partition coefficient (Wildman–Crippen LogP) is 8.93. The molecule has 0 heteroatoms. The topological polar surface area (TPSA) is 0 Å². The number of rotatable bonds is 16. The summed E-state index contributed by atoms with van der Waals surface area (Å²) in [5, 5.41) is 0. The average molecular weight is 337 g/mol. The molecule has 0 aromatic heterocycles. The normalized spacial score (nSPS) is 20.5. The van der Waals surface area contributed by atoms with Crippen LogP contribution in [0.5, 0.6) is 0 Å². The summed E-state index contributed by atoms with van der Waals surface area (Å²) in [5.74, 6) is 2.26. The molecule has 0 bridgehead atoms. The Kier molecular flexibility index (Phi) is 12.2. The van der Waals surface area contributed by atoms with Crippen molar-refractivity contribution in [3.8, 4) is 0 Å². The minimum Gasteiger partial charge on any atom is -0.0654 e. The van der Waals surface area contributed by atoms with Crippen molar-refractivity contribution in [2.45, 2.75) is 137 Å². The summed E-state index contributed by atoms with van der Waals surface area (Å²) in [6, 6.07) is 0. The fourth-order valence-corrected chi connectivity index (χ4v) is 4.15. The van der Waals surface area contributed by atoms with Gasteiger partial charge in [0, 0.05) is 0 Å². The molecule has 144 valence electrons. The molecule has 0 N–H and O–H groups in total. The summed E-state index contributed by atoms with van der Waals surface area (Å²) in [7, 11) is 0. The largest absolute Gasteiger partial charge is 0.0654 e. The number of unbranched alkanes of at least 4 members (excludes halogenated alkanes) is 11. The maximum Gasteiger partial charge on any atom is -0.0383 e. The van der Waals surface area contributed by atoms with E-state index in [1.165, 1.54) is 89.9 Å². The highest BCUT2D eigenvalue weighted by atomic mass is 14.4. The minimum atomic E-state index is 0.538. The molecule has 0 heterocycles. The van der Waals surface area contributed by atoms with Crippen LogP contribution in [0.2, 0.25) is 0 Å². The Bertz CT molecular complexity index is 272. The third kappa shape index (κ3) is 13.3. The van der Waals surface area contributed by atoms with Crippen molar-refractivity contribution in [1.29, 1.82) is 0 Å². The van der Waals surface area contributed by atoms with Gasteiger partial charge in [0.25, 0.3) is 0 Å². The second-order valence-electron chi connectivity index (χ2n) is 9.89. The van der Waals surface area contributed by atoms with Crippen LogP contribution in [0.4, 0.5) is 0 Å². The SMILES string of the molecule is CCCCCCCCC1CC1CCCCCCCCCC(C)(C)C. The predicted molar refractivity (Wildman–Crippen MR) is 111 cm³/mol. The number of hydrogen-bond donors (Lipinski definition) is 0. The van der Waals surface area contributed by atoms with E-state index in [-0.39, 0.29) is 0 Å². The molecule has 1 aliphatic rings. The second kappa shape index (κ2) is 13.2. The van der Waals surface area contributed by atoms with Crippen LogP contribution in [0.1, 0.15) is 137 Å². The lowest BCUT2D eigenvalue weighted by atomic mass is 9.89. The lowest BCUT2D eigenvalue weighted by Gasteiger charge is -2.17. The van der Waals surface area contributed by atoms with E-state index in [0.29, 0.717) is 5.41 Å². The highest BCUT2D eigenvalue weighted by Gasteiger charge is 2.34. The maximum atomic E-state index is 2.37. The van der Waals surface area contributed by atoms with Gasteiger partial charge >= 0.3 is 0 Å². The average Bonchev–Trinajstić information content (AvgIpc) is 3.26. The van der Waals surface area contributed by atoms with Gasteiger partial charge in [-0.25, -0.2) is 0 Å². The Morgan fingerprint density at radius 2 is 1.00 bits per heavy atom. The van der Waals surface area contributed by atoms with Crippen LogP contribution in [0.25, 0.3) is 0 Å². The number of hydrogen-bond acceptors (Lipinski definition) is 0. The van der Waals surface area contributed by atoms with Gasteiger partial charge in [-0.05, 0) is 30.1 Å². The first kappa shape index (κ1) is 22.0. The van der Waals surface area contributed by atoms with Crippen molar-refractivity contribution in [3.05, 3.63) is 0 Å². The van der Waals surface area contributed by atoms with Gasteiger partial charge in [0.05, 0.1) is 0 Å². The van der Waals surface area contributed by atoms with Crippen LogP contribution in [-0.4, -0.2) is 0 Å². The monoisotopic (exact) mass is 336 g/mol. The van der Waals surface area contributed by atoms with Crippen molar-refractivity contribution >= 4 is 0 Å². The van der Waals surface area contributed by atoms with Crippen molar-refractivity contribution in [2.24, 2.45) is 17.3 Å². The molecule has 0 radical (unpaired) electrons. The summed E-state index contributed by atoms with van der Waals surface area (Å²) in [6.45, 7) is 9.40. The van der Waals surface area contributed by atoms with Crippen molar-refractivity contribution in [1.82, 2.24) is 0 Å². The highest BCUT2D eigenvalue weighted by molar-refractivity contribution is 4.85. The highest BCUT2D eigenvalue weighted by Crippen LogP contribution is 2.45. The maximum absolute atomic E-state index is 2.37. The molecule has 2 unspecified atom stereocenters. The molecule has 0 aromatic rings. The van der Waals surface area contributed by atoms with Crippen LogP contribution >= 0.6 is 0 Å². The molecule has 1 aliphatic carbocycles. The summed E-state index contributed by atoms with van der Waals surface area (Å²) in [6.07, 6.45) is 25.2. The minimum absolute atomic E-state index is 0.538. The Balaban J connectivity index is 1.75. The van der Waals surface area contributed by atoms with Crippen LogP contribution < -0.4 is 0 Å². The molecule has 2 atom stereocenters. The quantitative estimate of drug-likeness (QED) is 0.247. The first-order chi connectivity index (χ1) is 11.5. The van der Waals surface area contributed by atoms with Gasteiger partial charge in [0.15, 0.2) is 0 Å². The Labute approximate surface area is 154 Å². The van der Waals surface area contributed by atoms with Crippen LogP contribution in [-0.2, 0) is 0 Å². The standard InChI is InChI=1S/C24H48/c1-5-6-7-8-12-15-18-22-21-23(22)19-16-13-10-9-11-14-17-20-24(2,3)4/h22-23H,5-21H2,1-4H3. The van der Waals surface area contributed by atoms with Crippen molar-refractivity contribution in [2.75, 3.05) is 0 Å². The third-order valence-corrected chi connectivity index (χ3v) is 6.00. The summed E-state index contributed by atoms with van der Waals surface area (Å²) < 4.78 is 0. The molecule has 0 aromatic carbocycles. The van der Waals surface area contributed by atoms with E-state index in [4.69, 9.17) is 0 Å². The third-order valence-electron chi connectivity index (χ3n) is 6.00. The fraction of sp³-hybridized carbons (Fsp3) is 1.00. The van der Waals surface area contributed by atoms with Crippen LogP contribution in [0, 0.1) is 17.3 Å². The smallest absolute Gasteiger partial charge is 0.0383 e. The molecule has 0 aliphatic heterocycles. The first-order valence-corrected chi connectivity index (χ1v) is 11.5. The second-order valence-corrected chi connectivity index (χ2v) is 9.89. The zero-order chi connectivity index (χ0) is 17.7. The van der Waals surface area contributed by atoms with Crippen molar-refractivity contribution < 1.29 is 0 Å². The van der Waals surface area contributed by atoms with Gasteiger partial charge in [0.1, 0.15) is 0 Å². The van der Waals surface area contributed by atoms with E-state index < -0.39 is 0 Å². The molecule has 0 nitrogen and oxygen atoms in total. The van der Waals surface area contributed by atoms with Gasteiger partial charge < -0.3 is 0 Å². The van der Waals surface area contributed by atoms with E-state index in [2.05, 4.69) is 27.7 Å². The molecule has 24 heavy (non-hydrogen) atoms. The van der Waals surface area contributed by atoms with Gasteiger partial charge in [-0.2, -0.15) is 0 Å². The lowest BCUT2D eigenvalue weighted by Crippen LogP contribution is -2.03. The molecule has 0 amide bonds. The van der Waals surface area contributed by atoms with E-state index in [1.807, 2.05) is 0 Å². The molecule has 1 fully saturated rings. The first-order valence-electron chi connectivity index (χ1n) is 11.5. The van der Waals surface area contributed by atoms with E-state index in [0.717, 1.165) is 11.8 Å². The van der Waals surface area contributed by atoms with Crippen LogP contribution in [0.15, 0.2) is 0 Å². The molecule has 0 saturated heterocycles. The molecular formula is C24H48. The molecule has 1 rings (SSSR count). The molecule has 1 saturated carbocycles. The van der Waals surface area contributed by atoms with Crippen molar-refractivity contribution in [3.63, 3.8) is 0 Å².